The molecule has 0 spiro atoms. The van der Waals surface area contributed by atoms with Crippen LogP contribution in [0.4, 0.5) is 11.4 Å². The van der Waals surface area contributed by atoms with Crippen LogP contribution >= 0.6 is 11.6 Å². The van der Waals surface area contributed by atoms with Crippen LogP contribution < -0.4 is 14.8 Å². The van der Waals surface area contributed by atoms with Crippen molar-refractivity contribution in [3.63, 3.8) is 0 Å². The van der Waals surface area contributed by atoms with Gasteiger partial charge in [0.2, 0.25) is 0 Å². The van der Waals surface area contributed by atoms with Gasteiger partial charge in [-0.05, 0) is 73.2 Å². The van der Waals surface area contributed by atoms with Gasteiger partial charge in [0, 0.05) is 22.0 Å². The lowest BCUT2D eigenvalue weighted by molar-refractivity contribution is 0.102. The number of rotatable bonds is 6. The van der Waals surface area contributed by atoms with Crippen LogP contribution in [0.25, 0.3) is 0 Å². The van der Waals surface area contributed by atoms with Crippen molar-refractivity contribution in [2.24, 2.45) is 0 Å². The predicted octanol–water partition coefficient (Wildman–Crippen LogP) is 4.71. The smallest absolute Gasteiger partial charge is 0.261 e. The van der Waals surface area contributed by atoms with E-state index < -0.39 is 10.0 Å². The number of carbonyl (C=O) groups is 1. The fourth-order valence-corrected chi connectivity index (χ4v) is 3.78. The van der Waals surface area contributed by atoms with E-state index in [2.05, 4.69) is 10.0 Å². The van der Waals surface area contributed by atoms with Crippen molar-refractivity contribution in [3.8, 4) is 5.75 Å². The molecule has 3 rings (SSSR count). The minimum atomic E-state index is -3.84. The summed E-state index contributed by atoms with van der Waals surface area (Å²) in [6, 6.07) is 17.5. The third kappa shape index (κ3) is 5.07. The second kappa shape index (κ2) is 8.55. The van der Waals surface area contributed by atoms with Crippen LogP contribution in [0.2, 0.25) is 5.02 Å². The van der Waals surface area contributed by atoms with Crippen molar-refractivity contribution in [3.05, 3.63) is 82.9 Å². The summed E-state index contributed by atoms with van der Waals surface area (Å²) >= 11 is 5.83. The number of ether oxygens (including phenoxy) is 1. The average molecular weight is 431 g/mol. The Labute approximate surface area is 174 Å². The Morgan fingerprint density at radius 3 is 2.24 bits per heavy atom. The van der Waals surface area contributed by atoms with Gasteiger partial charge in [-0.1, -0.05) is 17.7 Å². The zero-order chi connectivity index (χ0) is 21.0. The molecule has 150 valence electrons. The lowest BCUT2D eigenvalue weighted by atomic mass is 10.1. The number of hydrogen-bond donors (Lipinski definition) is 2. The Kier molecular flexibility index (Phi) is 6.10. The first kappa shape index (κ1) is 20.7. The van der Waals surface area contributed by atoms with Crippen LogP contribution in [0.15, 0.2) is 71.6 Å². The van der Waals surface area contributed by atoms with Crippen molar-refractivity contribution in [2.75, 3.05) is 17.1 Å². The van der Waals surface area contributed by atoms with Gasteiger partial charge in [-0.3, -0.25) is 9.52 Å². The summed E-state index contributed by atoms with van der Waals surface area (Å²) in [5, 5.41) is 3.26. The van der Waals surface area contributed by atoms with E-state index in [4.69, 9.17) is 16.3 Å². The molecule has 1 amide bonds. The van der Waals surface area contributed by atoms with E-state index in [1.165, 1.54) is 12.1 Å². The summed E-state index contributed by atoms with van der Waals surface area (Å²) < 4.78 is 33.0. The summed E-state index contributed by atoms with van der Waals surface area (Å²) in [6.45, 7) is 1.78. The number of halogens is 1. The van der Waals surface area contributed by atoms with E-state index in [0.717, 1.165) is 5.56 Å². The highest BCUT2D eigenvalue weighted by molar-refractivity contribution is 7.92. The zero-order valence-electron chi connectivity index (χ0n) is 15.8. The van der Waals surface area contributed by atoms with Crippen molar-refractivity contribution in [1.82, 2.24) is 0 Å². The quantitative estimate of drug-likeness (QED) is 0.593. The maximum absolute atomic E-state index is 12.7. The van der Waals surface area contributed by atoms with Crippen molar-refractivity contribution in [2.45, 2.75) is 11.8 Å². The molecule has 8 heteroatoms. The van der Waals surface area contributed by atoms with Crippen LogP contribution in [-0.2, 0) is 10.0 Å². The predicted molar refractivity (Wildman–Crippen MR) is 114 cm³/mol. The number of methoxy groups -OCH3 is 1. The molecule has 0 saturated carbocycles. The fraction of sp³-hybridized carbons (Fsp3) is 0.0952. The molecule has 0 fully saturated rings. The molecule has 0 aliphatic rings. The summed E-state index contributed by atoms with van der Waals surface area (Å²) in [7, 11) is -2.29. The number of anilines is 2. The Bertz CT molecular complexity index is 1130. The number of aryl methyl sites for hydroxylation is 1. The molecule has 0 unspecified atom stereocenters. The first-order valence-corrected chi connectivity index (χ1v) is 10.5. The Morgan fingerprint density at radius 1 is 0.966 bits per heavy atom. The maximum Gasteiger partial charge on any atom is 0.261 e. The standard InChI is InChI=1S/C21H19ClN2O4S/c1-14-3-12-19(29(26,27)24-17-8-6-16(22)7-9-17)13-20(14)23-21(25)15-4-10-18(28-2)11-5-15/h3-13,24H,1-2H3,(H,23,25). The first-order valence-electron chi connectivity index (χ1n) is 8.63. The van der Waals surface area contributed by atoms with Gasteiger partial charge in [-0.2, -0.15) is 0 Å². The van der Waals surface area contributed by atoms with Crippen LogP contribution in [0.5, 0.6) is 5.75 Å². The monoisotopic (exact) mass is 430 g/mol. The summed E-state index contributed by atoms with van der Waals surface area (Å²) in [5.74, 6) is 0.287. The Balaban J connectivity index is 1.83. The molecule has 0 aromatic heterocycles. The Hall–Kier alpha value is -3.03. The highest BCUT2D eigenvalue weighted by Gasteiger charge is 2.17. The minimum absolute atomic E-state index is 0.0306. The molecule has 0 heterocycles. The molecule has 29 heavy (non-hydrogen) atoms. The van der Waals surface area contributed by atoms with Gasteiger partial charge in [0.1, 0.15) is 5.75 Å². The van der Waals surface area contributed by atoms with E-state index in [1.807, 2.05) is 0 Å². The van der Waals surface area contributed by atoms with Crippen molar-refractivity contribution in [1.29, 1.82) is 0 Å². The molecule has 3 aromatic carbocycles. The van der Waals surface area contributed by atoms with Gasteiger partial charge in [0.05, 0.1) is 12.0 Å². The molecule has 0 aliphatic carbocycles. The molecule has 2 N–H and O–H groups in total. The maximum atomic E-state index is 12.7. The average Bonchev–Trinajstić information content (AvgIpc) is 2.71. The SMILES string of the molecule is COc1ccc(C(=O)Nc2cc(S(=O)(=O)Nc3ccc(Cl)cc3)ccc2C)cc1. The number of carbonyl (C=O) groups excluding carboxylic acids is 1. The summed E-state index contributed by atoms with van der Waals surface area (Å²) in [4.78, 5) is 12.6. The zero-order valence-corrected chi connectivity index (χ0v) is 17.3. The molecular formula is C21H19ClN2O4S. The minimum Gasteiger partial charge on any atom is -0.497 e. The molecular weight excluding hydrogens is 412 g/mol. The Morgan fingerprint density at radius 2 is 1.62 bits per heavy atom. The number of sulfonamides is 1. The third-order valence-corrected chi connectivity index (χ3v) is 5.85. The van der Waals surface area contributed by atoms with Gasteiger partial charge < -0.3 is 10.1 Å². The van der Waals surface area contributed by atoms with E-state index in [0.29, 0.717) is 27.7 Å². The molecule has 0 aliphatic heterocycles. The molecule has 3 aromatic rings. The summed E-state index contributed by atoms with van der Waals surface area (Å²) in [6.07, 6.45) is 0. The molecule has 6 nitrogen and oxygen atoms in total. The van der Waals surface area contributed by atoms with E-state index in [1.54, 1.807) is 68.6 Å². The van der Waals surface area contributed by atoms with E-state index in [9.17, 15) is 13.2 Å². The lowest BCUT2D eigenvalue weighted by Gasteiger charge is -2.13. The van der Waals surface area contributed by atoms with Crippen molar-refractivity contribution >= 4 is 38.9 Å². The van der Waals surface area contributed by atoms with Crippen LogP contribution in [-0.4, -0.2) is 21.4 Å². The fourth-order valence-electron chi connectivity index (χ4n) is 2.57. The van der Waals surface area contributed by atoms with E-state index >= 15 is 0 Å². The second-order valence-electron chi connectivity index (χ2n) is 6.27. The van der Waals surface area contributed by atoms with Gasteiger partial charge >= 0.3 is 0 Å². The van der Waals surface area contributed by atoms with Crippen molar-refractivity contribution < 1.29 is 17.9 Å². The number of nitrogens with one attached hydrogen (secondary N) is 2. The van der Waals surface area contributed by atoms with Gasteiger partial charge in [-0.25, -0.2) is 8.42 Å². The third-order valence-electron chi connectivity index (χ3n) is 4.22. The topological polar surface area (TPSA) is 84.5 Å². The largest absolute Gasteiger partial charge is 0.497 e. The number of amides is 1. The lowest BCUT2D eigenvalue weighted by Crippen LogP contribution is -2.16. The highest BCUT2D eigenvalue weighted by atomic mass is 35.5. The normalized spacial score (nSPS) is 11.0. The molecule has 0 bridgehead atoms. The van der Waals surface area contributed by atoms with E-state index in [-0.39, 0.29) is 10.8 Å². The second-order valence-corrected chi connectivity index (χ2v) is 8.39. The highest BCUT2D eigenvalue weighted by Crippen LogP contribution is 2.24. The molecule has 0 radical (unpaired) electrons. The number of hydrogen-bond acceptors (Lipinski definition) is 4. The van der Waals surface area contributed by atoms with Crippen LogP contribution in [0.1, 0.15) is 15.9 Å². The summed E-state index contributed by atoms with van der Waals surface area (Å²) in [5.41, 5.74) is 1.96. The van der Waals surface area contributed by atoms with Gasteiger partial charge in [-0.15, -0.1) is 0 Å². The van der Waals surface area contributed by atoms with Crippen LogP contribution in [0.3, 0.4) is 0 Å². The first-order chi connectivity index (χ1) is 13.8. The molecule has 0 saturated heterocycles. The van der Waals surface area contributed by atoms with Crippen LogP contribution in [0, 0.1) is 6.92 Å². The van der Waals surface area contributed by atoms with Gasteiger partial charge in [0.25, 0.3) is 15.9 Å². The van der Waals surface area contributed by atoms with Gasteiger partial charge in [0.15, 0.2) is 0 Å². The number of benzene rings is 3. The molecule has 0 atom stereocenters.